The molecule has 230 valence electrons. The molecule has 0 radical (unpaired) electrons. The summed E-state index contributed by atoms with van der Waals surface area (Å²) in [6.07, 6.45) is 3.10. The first-order chi connectivity index (χ1) is 21.0. The van der Waals surface area contributed by atoms with Crippen LogP contribution in [0.1, 0.15) is 26.3 Å². The number of rotatable bonds is 8. The van der Waals surface area contributed by atoms with E-state index in [-0.39, 0.29) is 23.9 Å². The molecule has 2 amide bonds. The maximum absolute atomic E-state index is 13.5. The van der Waals surface area contributed by atoms with Crippen molar-refractivity contribution in [3.63, 3.8) is 0 Å². The number of nitrogens with zero attached hydrogens (tertiary/aromatic N) is 8. The summed E-state index contributed by atoms with van der Waals surface area (Å²) < 4.78 is 3.08. The molecule has 4 aromatic rings. The van der Waals surface area contributed by atoms with Crippen molar-refractivity contribution in [3.8, 4) is 5.69 Å². The number of piperazine rings is 1. The van der Waals surface area contributed by atoms with Crippen LogP contribution in [0.2, 0.25) is 0 Å². The van der Waals surface area contributed by atoms with Crippen LogP contribution < -0.4 is 15.8 Å². The largest absolute Gasteiger partial charge is 0.369 e. The van der Waals surface area contributed by atoms with Crippen molar-refractivity contribution in [2.24, 2.45) is 0 Å². The van der Waals surface area contributed by atoms with Gasteiger partial charge < -0.3 is 24.9 Å². The van der Waals surface area contributed by atoms with Gasteiger partial charge in [0.05, 0.1) is 12.2 Å². The Labute approximate surface area is 256 Å². The molecule has 1 aliphatic heterocycles. The number of benzene rings is 2. The van der Waals surface area contributed by atoms with Gasteiger partial charge in [-0.05, 0) is 55.9 Å². The average molecular weight is 598 g/mol. The minimum absolute atomic E-state index is 0.174. The van der Waals surface area contributed by atoms with Crippen molar-refractivity contribution in [2.75, 3.05) is 71.6 Å². The first-order valence-electron chi connectivity index (χ1n) is 14.5. The standard InChI is InChI=1S/C32H39N9O3/c1-8-11-40-31(44)26-20-33-32(34-24-9-10-27(21(2)16-24)39-14-12-38(7)13-15-39)35-28(26)41(40)25-18-22(29(42)36(3)4)17-23(19-25)30(43)37(5)6/h8-10,16-20H,1,11-15H2,2-7H3,(H,33,34,35). The van der Waals surface area contributed by atoms with Crippen LogP contribution in [0.5, 0.6) is 0 Å². The summed E-state index contributed by atoms with van der Waals surface area (Å²) in [7, 11) is 8.72. The van der Waals surface area contributed by atoms with Crippen LogP contribution >= 0.6 is 0 Å². The SMILES string of the molecule is C=CCn1c(=O)c2cnc(Nc3ccc(N4CCN(C)CC4)c(C)c3)nc2n1-c1cc(C(=O)N(C)C)cc(C(=O)N(C)C)c1. The maximum atomic E-state index is 13.5. The van der Waals surface area contributed by atoms with Crippen molar-refractivity contribution >= 4 is 40.2 Å². The zero-order valence-corrected chi connectivity index (χ0v) is 26.2. The van der Waals surface area contributed by atoms with E-state index in [0.29, 0.717) is 33.8 Å². The van der Waals surface area contributed by atoms with Gasteiger partial charge in [-0.2, -0.15) is 4.98 Å². The predicted octanol–water partition coefficient (Wildman–Crippen LogP) is 2.98. The van der Waals surface area contributed by atoms with Gasteiger partial charge in [-0.1, -0.05) is 6.08 Å². The van der Waals surface area contributed by atoms with E-state index in [1.807, 2.05) is 6.07 Å². The normalized spacial score (nSPS) is 13.6. The Morgan fingerprint density at radius 2 is 1.61 bits per heavy atom. The molecule has 1 saturated heterocycles. The van der Waals surface area contributed by atoms with Crippen molar-refractivity contribution < 1.29 is 9.59 Å². The third-order valence-electron chi connectivity index (χ3n) is 7.74. The van der Waals surface area contributed by atoms with Gasteiger partial charge in [0.2, 0.25) is 5.95 Å². The second-order valence-electron chi connectivity index (χ2n) is 11.5. The molecule has 2 aromatic carbocycles. The highest BCUT2D eigenvalue weighted by atomic mass is 16.2. The average Bonchev–Trinajstić information content (AvgIpc) is 3.27. The summed E-state index contributed by atoms with van der Waals surface area (Å²) in [5.41, 5.74) is 4.22. The Balaban J connectivity index is 1.59. The monoisotopic (exact) mass is 597 g/mol. The van der Waals surface area contributed by atoms with Gasteiger partial charge in [0.15, 0.2) is 5.65 Å². The first kappa shape index (κ1) is 30.5. The number of amides is 2. The molecule has 12 nitrogen and oxygen atoms in total. The minimum Gasteiger partial charge on any atom is -0.369 e. The van der Waals surface area contributed by atoms with Gasteiger partial charge in [0.25, 0.3) is 17.4 Å². The van der Waals surface area contributed by atoms with Crippen LogP contribution in [0.15, 0.2) is 60.0 Å². The van der Waals surface area contributed by atoms with Crippen LogP contribution in [-0.4, -0.2) is 107 Å². The van der Waals surface area contributed by atoms with Gasteiger partial charge in [-0.15, -0.1) is 6.58 Å². The lowest BCUT2D eigenvalue weighted by Gasteiger charge is -2.35. The molecule has 1 aliphatic rings. The molecule has 0 unspecified atom stereocenters. The molecule has 0 atom stereocenters. The molecule has 44 heavy (non-hydrogen) atoms. The van der Waals surface area contributed by atoms with Gasteiger partial charge >= 0.3 is 0 Å². The van der Waals surface area contributed by atoms with Crippen molar-refractivity contribution in [3.05, 3.63) is 82.3 Å². The zero-order chi connectivity index (χ0) is 31.7. The van der Waals surface area contributed by atoms with Crippen molar-refractivity contribution in [1.82, 2.24) is 34.0 Å². The Bertz CT molecular complexity index is 1760. The minimum atomic E-state index is -0.316. The number of likely N-dealkylation sites (N-methyl/N-ethyl adjacent to an activating group) is 1. The van der Waals surface area contributed by atoms with Crippen LogP contribution in [-0.2, 0) is 6.54 Å². The third kappa shape index (κ3) is 5.93. The summed E-state index contributed by atoms with van der Waals surface area (Å²) in [6, 6.07) is 11.0. The molecule has 1 fully saturated rings. The summed E-state index contributed by atoms with van der Waals surface area (Å²) in [5.74, 6) is -0.249. The van der Waals surface area contributed by atoms with Gasteiger partial charge in [-0.3, -0.25) is 14.4 Å². The van der Waals surface area contributed by atoms with Crippen LogP contribution in [0.25, 0.3) is 16.7 Å². The predicted molar refractivity (Wildman–Crippen MR) is 174 cm³/mol. The van der Waals surface area contributed by atoms with Crippen molar-refractivity contribution in [1.29, 1.82) is 0 Å². The molecule has 0 aliphatic carbocycles. The fourth-order valence-electron chi connectivity index (χ4n) is 5.40. The highest BCUT2D eigenvalue weighted by Crippen LogP contribution is 2.27. The fourth-order valence-corrected chi connectivity index (χ4v) is 5.40. The lowest BCUT2D eigenvalue weighted by Crippen LogP contribution is -2.44. The Morgan fingerprint density at radius 1 is 0.977 bits per heavy atom. The Morgan fingerprint density at radius 3 is 2.18 bits per heavy atom. The number of carbonyl (C=O) groups is 2. The van der Waals surface area contributed by atoms with E-state index >= 15 is 0 Å². The first-order valence-corrected chi connectivity index (χ1v) is 14.5. The Kier molecular flexibility index (Phi) is 8.54. The lowest BCUT2D eigenvalue weighted by atomic mass is 10.1. The highest BCUT2D eigenvalue weighted by molar-refractivity contribution is 6.00. The molecule has 0 bridgehead atoms. The van der Waals surface area contributed by atoms with E-state index in [0.717, 1.165) is 37.4 Å². The van der Waals surface area contributed by atoms with Crippen molar-refractivity contribution in [2.45, 2.75) is 13.5 Å². The van der Waals surface area contributed by atoms with Crippen LogP contribution in [0.3, 0.4) is 0 Å². The number of aromatic nitrogens is 4. The number of fused-ring (bicyclic) bond motifs is 1. The summed E-state index contributed by atoms with van der Waals surface area (Å²) in [5, 5.41) is 3.58. The van der Waals surface area contributed by atoms with E-state index in [4.69, 9.17) is 4.98 Å². The lowest BCUT2D eigenvalue weighted by molar-refractivity contribution is 0.0826. The van der Waals surface area contributed by atoms with Crippen LogP contribution in [0.4, 0.5) is 17.3 Å². The van der Waals surface area contributed by atoms with Gasteiger partial charge in [0.1, 0.15) is 5.39 Å². The molecule has 3 heterocycles. The topological polar surface area (TPSA) is 112 Å². The van der Waals surface area contributed by atoms with E-state index in [1.165, 1.54) is 26.4 Å². The second-order valence-corrected chi connectivity index (χ2v) is 11.5. The smallest absolute Gasteiger partial charge is 0.278 e. The number of aryl methyl sites for hydroxylation is 1. The van der Waals surface area contributed by atoms with Crippen LogP contribution in [0, 0.1) is 6.92 Å². The summed E-state index contributed by atoms with van der Waals surface area (Å²) in [4.78, 5) is 56.4. The summed E-state index contributed by atoms with van der Waals surface area (Å²) >= 11 is 0. The summed E-state index contributed by atoms with van der Waals surface area (Å²) in [6.45, 7) is 10.1. The van der Waals surface area contributed by atoms with Gasteiger partial charge in [0, 0.05) is 83.1 Å². The van der Waals surface area contributed by atoms with E-state index in [2.05, 4.69) is 52.8 Å². The molecule has 2 aromatic heterocycles. The molecule has 1 N–H and O–H groups in total. The second kappa shape index (κ2) is 12.3. The zero-order valence-electron chi connectivity index (χ0n) is 26.2. The fraction of sp³-hybridized carbons (Fsp3) is 0.344. The molecule has 0 saturated carbocycles. The van der Waals surface area contributed by atoms with Gasteiger partial charge in [-0.25, -0.2) is 14.3 Å². The number of hydrogen-bond donors (Lipinski definition) is 1. The number of carbonyl (C=O) groups excluding carboxylic acids is 2. The number of hydrogen-bond acceptors (Lipinski definition) is 8. The highest BCUT2D eigenvalue weighted by Gasteiger charge is 2.22. The van der Waals surface area contributed by atoms with E-state index < -0.39 is 0 Å². The Hall–Kier alpha value is -4.97. The third-order valence-corrected chi connectivity index (χ3v) is 7.74. The van der Waals surface area contributed by atoms with E-state index in [1.54, 1.807) is 57.1 Å². The molecule has 0 spiro atoms. The van der Waals surface area contributed by atoms with E-state index in [9.17, 15) is 14.4 Å². The number of nitrogens with one attached hydrogen (secondary N) is 1. The molecular weight excluding hydrogens is 558 g/mol. The molecule has 5 rings (SSSR count). The maximum Gasteiger partial charge on any atom is 0.278 e. The molecule has 12 heteroatoms. The quantitative estimate of drug-likeness (QED) is 0.309. The molecular formula is C32H39N9O3. The number of anilines is 3. The number of allylic oxidation sites excluding steroid dienone is 1.